The largest absolute Gasteiger partial charge is 0.459 e. The topological polar surface area (TPSA) is 63.6 Å². The molecule has 0 spiro atoms. The zero-order valence-corrected chi connectivity index (χ0v) is 7.84. The van der Waals surface area contributed by atoms with E-state index in [0.717, 1.165) is 12.2 Å². The summed E-state index contributed by atoms with van der Waals surface area (Å²) >= 11 is 0. The van der Waals surface area contributed by atoms with Crippen LogP contribution in [0.2, 0.25) is 0 Å². The van der Waals surface area contributed by atoms with E-state index in [-0.39, 0.29) is 11.9 Å². The van der Waals surface area contributed by atoms with Crippen LogP contribution in [0, 0.1) is 0 Å². The van der Waals surface area contributed by atoms with Crippen LogP contribution in [0.5, 0.6) is 0 Å². The molecule has 0 fully saturated rings. The van der Waals surface area contributed by atoms with E-state index in [0.29, 0.717) is 6.42 Å². The first-order valence-electron chi connectivity index (χ1n) is 4.37. The molecule has 0 saturated carbocycles. The molecule has 1 heterocycles. The van der Waals surface area contributed by atoms with E-state index in [9.17, 15) is 14.7 Å². The van der Waals surface area contributed by atoms with E-state index in [1.165, 1.54) is 12.2 Å². The lowest BCUT2D eigenvalue weighted by molar-refractivity contribution is -0.143. The highest BCUT2D eigenvalue weighted by molar-refractivity contribution is 6.02. The highest BCUT2D eigenvalue weighted by Gasteiger charge is 2.12. The average molecular weight is 196 g/mol. The summed E-state index contributed by atoms with van der Waals surface area (Å²) in [5.74, 6) is -0.899. The maximum Gasteiger partial charge on any atom is 0.331 e. The highest BCUT2D eigenvalue weighted by atomic mass is 16.5. The molecule has 0 bridgehead atoms. The first-order chi connectivity index (χ1) is 6.58. The quantitative estimate of drug-likeness (QED) is 0.568. The van der Waals surface area contributed by atoms with Crippen LogP contribution in [0.1, 0.15) is 13.3 Å². The Morgan fingerprint density at radius 3 is 2.79 bits per heavy atom. The molecule has 4 heteroatoms. The molecule has 0 radical (unpaired) electrons. The molecular weight excluding hydrogens is 184 g/mol. The minimum Gasteiger partial charge on any atom is -0.459 e. The lowest BCUT2D eigenvalue weighted by atomic mass is 10.1. The van der Waals surface area contributed by atoms with Gasteiger partial charge in [-0.2, -0.15) is 0 Å². The summed E-state index contributed by atoms with van der Waals surface area (Å²) in [6, 6.07) is 0. The van der Waals surface area contributed by atoms with Gasteiger partial charge >= 0.3 is 5.97 Å². The van der Waals surface area contributed by atoms with Crippen LogP contribution in [-0.4, -0.2) is 29.1 Å². The van der Waals surface area contributed by atoms with Gasteiger partial charge in [0.2, 0.25) is 0 Å². The van der Waals surface area contributed by atoms with Crippen LogP contribution in [0.25, 0.3) is 0 Å². The van der Waals surface area contributed by atoms with Gasteiger partial charge in [0.15, 0.2) is 5.78 Å². The van der Waals surface area contributed by atoms with Crippen molar-refractivity contribution in [1.82, 2.24) is 0 Å². The summed E-state index contributed by atoms with van der Waals surface area (Å²) in [4.78, 5) is 22.0. The second kappa shape index (κ2) is 4.72. The molecule has 1 aliphatic heterocycles. The van der Waals surface area contributed by atoms with Gasteiger partial charge in [0, 0.05) is 12.5 Å². The Hall–Kier alpha value is -1.42. The Kier molecular flexibility index (Phi) is 3.59. The van der Waals surface area contributed by atoms with Gasteiger partial charge in [-0.1, -0.05) is 6.08 Å². The second-order valence-corrected chi connectivity index (χ2v) is 3.15. The highest BCUT2D eigenvalue weighted by Crippen LogP contribution is 2.06. The van der Waals surface area contributed by atoms with E-state index in [1.807, 2.05) is 0 Å². The van der Waals surface area contributed by atoms with Crippen molar-refractivity contribution in [2.75, 3.05) is 0 Å². The van der Waals surface area contributed by atoms with Crippen LogP contribution in [0.15, 0.2) is 24.3 Å². The zero-order valence-electron chi connectivity index (χ0n) is 7.84. The third-order valence-electron chi connectivity index (χ3n) is 1.76. The Labute approximate surface area is 81.9 Å². The van der Waals surface area contributed by atoms with Gasteiger partial charge in [0.25, 0.3) is 0 Å². The number of esters is 1. The monoisotopic (exact) mass is 196 g/mol. The molecule has 0 aromatic heterocycles. The minimum absolute atomic E-state index is 0.295. The molecule has 76 valence electrons. The molecule has 0 aromatic rings. The van der Waals surface area contributed by atoms with E-state index < -0.39 is 12.1 Å². The number of cyclic esters (lactones) is 1. The summed E-state index contributed by atoms with van der Waals surface area (Å²) in [5, 5.41) is 9.35. The van der Waals surface area contributed by atoms with Crippen molar-refractivity contribution >= 4 is 11.8 Å². The zero-order chi connectivity index (χ0) is 10.6. The van der Waals surface area contributed by atoms with Crippen molar-refractivity contribution in [2.45, 2.75) is 25.6 Å². The van der Waals surface area contributed by atoms with Crippen LogP contribution in [0.3, 0.4) is 0 Å². The molecule has 4 nitrogen and oxygen atoms in total. The first kappa shape index (κ1) is 10.7. The number of carbonyl (C=O) groups excluding carboxylic acids is 2. The van der Waals surface area contributed by atoms with Crippen molar-refractivity contribution in [3.8, 4) is 0 Å². The van der Waals surface area contributed by atoms with Crippen LogP contribution in [-0.2, 0) is 14.3 Å². The molecule has 14 heavy (non-hydrogen) atoms. The number of aliphatic hydroxyl groups is 1. The predicted molar refractivity (Wildman–Crippen MR) is 49.5 cm³/mol. The fourth-order valence-corrected chi connectivity index (χ4v) is 1.12. The number of hydrogen-bond donors (Lipinski definition) is 1. The van der Waals surface area contributed by atoms with E-state index in [2.05, 4.69) is 0 Å². The third kappa shape index (κ3) is 3.53. The Morgan fingerprint density at radius 2 is 2.07 bits per heavy atom. The molecule has 0 saturated heterocycles. The van der Waals surface area contributed by atoms with Crippen LogP contribution >= 0.6 is 0 Å². The van der Waals surface area contributed by atoms with Gasteiger partial charge < -0.3 is 9.84 Å². The third-order valence-corrected chi connectivity index (χ3v) is 1.76. The molecule has 0 aliphatic carbocycles. The molecule has 2 atom stereocenters. The van der Waals surface area contributed by atoms with E-state index in [4.69, 9.17) is 4.74 Å². The summed E-state index contributed by atoms with van der Waals surface area (Å²) in [7, 11) is 0. The van der Waals surface area contributed by atoms with Crippen molar-refractivity contribution in [2.24, 2.45) is 0 Å². The normalized spacial score (nSPS) is 33.3. The van der Waals surface area contributed by atoms with Crippen LogP contribution < -0.4 is 0 Å². The van der Waals surface area contributed by atoms with Gasteiger partial charge in [0.1, 0.15) is 6.10 Å². The number of ketones is 1. The average Bonchev–Trinajstić information content (AvgIpc) is 2.10. The Bertz CT molecular complexity index is 290. The van der Waals surface area contributed by atoms with Crippen molar-refractivity contribution in [3.63, 3.8) is 0 Å². The number of aliphatic hydroxyl groups excluding tert-OH is 1. The van der Waals surface area contributed by atoms with Crippen molar-refractivity contribution in [3.05, 3.63) is 24.3 Å². The number of ether oxygens (including phenoxy) is 1. The smallest absolute Gasteiger partial charge is 0.331 e. The lowest BCUT2D eigenvalue weighted by Crippen LogP contribution is -2.20. The molecule has 0 amide bonds. The maximum absolute atomic E-state index is 11.0. The number of carbonyl (C=O) groups is 2. The van der Waals surface area contributed by atoms with Gasteiger partial charge in [-0.25, -0.2) is 4.79 Å². The van der Waals surface area contributed by atoms with Crippen molar-refractivity contribution in [1.29, 1.82) is 0 Å². The SMILES string of the molecule is CC1CC(O)/C=C/C(=O)/C=C\C(=O)O1. The Balaban J connectivity index is 2.77. The van der Waals surface area contributed by atoms with E-state index >= 15 is 0 Å². The summed E-state index contributed by atoms with van der Waals surface area (Å²) in [6.07, 6.45) is 4.01. The number of hydrogen-bond acceptors (Lipinski definition) is 4. The van der Waals surface area contributed by atoms with Gasteiger partial charge in [-0.05, 0) is 19.1 Å². The van der Waals surface area contributed by atoms with Crippen LogP contribution in [0.4, 0.5) is 0 Å². The second-order valence-electron chi connectivity index (χ2n) is 3.15. The van der Waals surface area contributed by atoms with Gasteiger partial charge in [-0.3, -0.25) is 4.79 Å². The lowest BCUT2D eigenvalue weighted by Gasteiger charge is -2.14. The fraction of sp³-hybridized carbons (Fsp3) is 0.400. The molecule has 2 unspecified atom stereocenters. The summed E-state index contributed by atoms with van der Waals surface area (Å²) in [5.41, 5.74) is 0. The standard InChI is InChI=1S/C10H12O4/c1-7-6-9(12)3-2-8(11)4-5-10(13)14-7/h2-5,7,9,12H,6H2,1H3/b3-2+,5-4-. The van der Waals surface area contributed by atoms with Gasteiger partial charge in [-0.15, -0.1) is 0 Å². The molecular formula is C10H12O4. The Morgan fingerprint density at radius 1 is 1.36 bits per heavy atom. The van der Waals surface area contributed by atoms with E-state index in [1.54, 1.807) is 6.92 Å². The molecule has 1 N–H and O–H groups in total. The van der Waals surface area contributed by atoms with Crippen molar-refractivity contribution < 1.29 is 19.4 Å². The molecule has 0 aromatic carbocycles. The first-order valence-corrected chi connectivity index (χ1v) is 4.37. The number of rotatable bonds is 0. The molecule has 1 aliphatic rings. The molecule has 1 rings (SSSR count). The summed E-state index contributed by atoms with van der Waals surface area (Å²) < 4.78 is 4.87. The minimum atomic E-state index is -0.756. The summed E-state index contributed by atoms with van der Waals surface area (Å²) in [6.45, 7) is 1.69. The number of allylic oxidation sites excluding steroid dienone is 2. The predicted octanol–water partition coefficient (Wildman–Crippen LogP) is 0.364. The maximum atomic E-state index is 11.0. The van der Waals surface area contributed by atoms with Gasteiger partial charge in [0.05, 0.1) is 6.10 Å². The fourth-order valence-electron chi connectivity index (χ4n) is 1.12.